The number of nitrogens with zero attached hydrogens (tertiary/aromatic N) is 1. The van der Waals surface area contributed by atoms with Gasteiger partial charge < -0.3 is 9.40 Å². The SMILES string of the molecule is O=c1ccc2cc(S(=O)(=O)Nc3cccc4[nH]cnc34)ccc2o1. The van der Waals surface area contributed by atoms with Crippen molar-refractivity contribution in [2.75, 3.05) is 4.72 Å². The Balaban J connectivity index is 1.78. The molecule has 24 heavy (non-hydrogen) atoms. The number of H-pyrrole nitrogens is 1. The Hall–Kier alpha value is -3.13. The third kappa shape index (κ3) is 2.42. The third-order valence-corrected chi connectivity index (χ3v) is 4.96. The molecule has 0 spiro atoms. The molecular weight excluding hydrogens is 330 g/mol. The second kappa shape index (κ2) is 5.20. The molecule has 2 aromatic heterocycles. The van der Waals surface area contributed by atoms with Crippen molar-refractivity contribution in [2.24, 2.45) is 0 Å². The lowest BCUT2D eigenvalue weighted by Crippen LogP contribution is -2.13. The van der Waals surface area contributed by atoms with Gasteiger partial charge in [0.2, 0.25) is 0 Å². The predicted molar refractivity (Wildman–Crippen MR) is 89.4 cm³/mol. The first kappa shape index (κ1) is 14.5. The molecule has 0 saturated heterocycles. The Labute approximate surface area is 136 Å². The largest absolute Gasteiger partial charge is 0.423 e. The van der Waals surface area contributed by atoms with Crippen LogP contribution in [0.25, 0.3) is 22.0 Å². The minimum Gasteiger partial charge on any atom is -0.423 e. The Morgan fingerprint density at radius 2 is 1.96 bits per heavy atom. The lowest BCUT2D eigenvalue weighted by molar-refractivity contribution is 0.560. The van der Waals surface area contributed by atoms with Crippen LogP contribution in [0.1, 0.15) is 0 Å². The first-order valence-electron chi connectivity index (χ1n) is 7.02. The number of aromatic amines is 1. The van der Waals surface area contributed by atoms with E-state index >= 15 is 0 Å². The van der Waals surface area contributed by atoms with Crippen LogP contribution in [0, 0.1) is 0 Å². The molecule has 0 fully saturated rings. The molecule has 4 rings (SSSR count). The average Bonchev–Trinajstić information content (AvgIpc) is 3.04. The standard InChI is InChI=1S/C16H11N3O4S/c20-15-7-4-10-8-11(5-6-14(10)23-15)24(21,22)19-13-3-1-2-12-16(13)18-9-17-12/h1-9,19H,(H,17,18). The quantitative estimate of drug-likeness (QED) is 0.557. The summed E-state index contributed by atoms with van der Waals surface area (Å²) in [4.78, 5) is 18.3. The third-order valence-electron chi connectivity index (χ3n) is 3.60. The van der Waals surface area contributed by atoms with Crippen molar-refractivity contribution in [1.29, 1.82) is 0 Å². The fraction of sp³-hybridized carbons (Fsp3) is 0. The van der Waals surface area contributed by atoms with Crippen molar-refractivity contribution in [3.05, 3.63) is 65.3 Å². The van der Waals surface area contributed by atoms with Gasteiger partial charge in [0.05, 0.1) is 22.4 Å². The number of aromatic nitrogens is 2. The molecule has 0 saturated carbocycles. The molecule has 4 aromatic rings. The fourth-order valence-electron chi connectivity index (χ4n) is 2.47. The summed E-state index contributed by atoms with van der Waals surface area (Å²) in [5, 5.41) is 0.524. The molecule has 0 aliphatic rings. The molecule has 7 nitrogen and oxygen atoms in total. The summed E-state index contributed by atoms with van der Waals surface area (Å²) in [7, 11) is -3.81. The Morgan fingerprint density at radius 3 is 2.83 bits per heavy atom. The highest BCUT2D eigenvalue weighted by Crippen LogP contribution is 2.24. The zero-order chi connectivity index (χ0) is 16.7. The van der Waals surface area contributed by atoms with Crippen molar-refractivity contribution in [1.82, 2.24) is 9.97 Å². The van der Waals surface area contributed by atoms with E-state index in [1.54, 1.807) is 18.2 Å². The van der Waals surface area contributed by atoms with Crippen LogP contribution in [0.2, 0.25) is 0 Å². The zero-order valence-corrected chi connectivity index (χ0v) is 13.0. The monoisotopic (exact) mass is 341 g/mol. The number of imidazole rings is 1. The summed E-state index contributed by atoms with van der Waals surface area (Å²) in [6.07, 6.45) is 1.50. The van der Waals surface area contributed by atoms with Gasteiger partial charge in [0.15, 0.2) is 0 Å². The number of nitrogens with one attached hydrogen (secondary N) is 2. The molecule has 0 atom stereocenters. The van der Waals surface area contributed by atoms with E-state index in [2.05, 4.69) is 14.7 Å². The molecule has 0 amide bonds. The topological polar surface area (TPSA) is 105 Å². The maximum atomic E-state index is 12.6. The highest BCUT2D eigenvalue weighted by atomic mass is 32.2. The van der Waals surface area contributed by atoms with Crippen molar-refractivity contribution in [3.63, 3.8) is 0 Å². The maximum Gasteiger partial charge on any atom is 0.336 e. The van der Waals surface area contributed by atoms with Crippen molar-refractivity contribution in [3.8, 4) is 0 Å². The summed E-state index contributed by atoms with van der Waals surface area (Å²) < 4.78 is 32.8. The van der Waals surface area contributed by atoms with Crippen LogP contribution in [-0.2, 0) is 10.0 Å². The van der Waals surface area contributed by atoms with Crippen LogP contribution in [0.15, 0.2) is 69.0 Å². The second-order valence-corrected chi connectivity index (χ2v) is 6.85. The van der Waals surface area contributed by atoms with E-state index in [0.717, 1.165) is 5.52 Å². The van der Waals surface area contributed by atoms with Gasteiger partial charge in [0.1, 0.15) is 11.1 Å². The van der Waals surface area contributed by atoms with Crippen molar-refractivity contribution < 1.29 is 12.8 Å². The van der Waals surface area contributed by atoms with Crippen LogP contribution >= 0.6 is 0 Å². The van der Waals surface area contributed by atoms with Gasteiger partial charge in [-0.3, -0.25) is 4.72 Å². The van der Waals surface area contributed by atoms with E-state index < -0.39 is 15.6 Å². The normalized spacial score (nSPS) is 11.8. The van der Waals surface area contributed by atoms with Crippen LogP contribution in [-0.4, -0.2) is 18.4 Å². The lowest BCUT2D eigenvalue weighted by atomic mass is 10.2. The van der Waals surface area contributed by atoms with Crippen LogP contribution < -0.4 is 10.3 Å². The van der Waals surface area contributed by atoms with Gasteiger partial charge in [-0.15, -0.1) is 0 Å². The van der Waals surface area contributed by atoms with Crippen LogP contribution in [0.4, 0.5) is 5.69 Å². The Morgan fingerprint density at radius 1 is 1.08 bits per heavy atom. The van der Waals surface area contributed by atoms with E-state index in [1.165, 1.54) is 36.7 Å². The zero-order valence-electron chi connectivity index (χ0n) is 12.2. The Bertz CT molecular complexity index is 1220. The molecule has 120 valence electrons. The van der Waals surface area contributed by atoms with Crippen LogP contribution in [0.5, 0.6) is 0 Å². The van der Waals surface area contributed by atoms with Gasteiger partial charge in [-0.05, 0) is 36.4 Å². The Kier molecular flexibility index (Phi) is 3.14. The summed E-state index contributed by atoms with van der Waals surface area (Å²) in [5.41, 5.74) is 1.49. The number of fused-ring (bicyclic) bond motifs is 2. The maximum absolute atomic E-state index is 12.6. The highest BCUT2D eigenvalue weighted by molar-refractivity contribution is 7.92. The van der Waals surface area contributed by atoms with Crippen LogP contribution in [0.3, 0.4) is 0 Å². The van der Waals surface area contributed by atoms with Gasteiger partial charge in [-0.2, -0.15) is 0 Å². The molecule has 2 heterocycles. The number of hydrogen-bond acceptors (Lipinski definition) is 5. The molecular formula is C16H11N3O4S. The van der Waals surface area contributed by atoms with Gasteiger partial charge >= 0.3 is 5.63 Å². The highest BCUT2D eigenvalue weighted by Gasteiger charge is 2.17. The number of hydrogen-bond donors (Lipinski definition) is 2. The average molecular weight is 341 g/mol. The molecule has 2 N–H and O–H groups in total. The molecule has 0 aliphatic carbocycles. The van der Waals surface area contributed by atoms with Gasteiger partial charge in [-0.25, -0.2) is 18.2 Å². The first-order valence-corrected chi connectivity index (χ1v) is 8.50. The number of sulfonamides is 1. The first-order chi connectivity index (χ1) is 11.5. The molecule has 0 unspecified atom stereocenters. The molecule has 8 heteroatoms. The number of rotatable bonds is 3. The molecule has 0 radical (unpaired) electrons. The van der Waals surface area contributed by atoms with Gasteiger partial charge in [0.25, 0.3) is 10.0 Å². The number of anilines is 1. The summed E-state index contributed by atoms with van der Waals surface area (Å²) in [6, 6.07) is 12.2. The fourth-order valence-corrected chi connectivity index (χ4v) is 3.57. The molecule has 0 bridgehead atoms. The van der Waals surface area contributed by atoms with Crippen molar-refractivity contribution >= 4 is 37.7 Å². The smallest absolute Gasteiger partial charge is 0.336 e. The summed E-state index contributed by atoms with van der Waals surface area (Å²) in [6.45, 7) is 0. The summed E-state index contributed by atoms with van der Waals surface area (Å²) in [5.74, 6) is 0. The minimum absolute atomic E-state index is 0.0661. The number of para-hydroxylation sites is 1. The predicted octanol–water partition coefficient (Wildman–Crippen LogP) is 2.47. The lowest BCUT2D eigenvalue weighted by Gasteiger charge is -2.09. The second-order valence-electron chi connectivity index (χ2n) is 5.16. The van der Waals surface area contributed by atoms with E-state index in [1.807, 2.05) is 0 Å². The van der Waals surface area contributed by atoms with Crippen molar-refractivity contribution in [2.45, 2.75) is 4.90 Å². The number of benzene rings is 2. The summed E-state index contributed by atoms with van der Waals surface area (Å²) >= 11 is 0. The molecule has 0 aliphatic heterocycles. The molecule has 2 aromatic carbocycles. The van der Waals surface area contributed by atoms with E-state index in [4.69, 9.17) is 4.42 Å². The van der Waals surface area contributed by atoms with Gasteiger partial charge in [-0.1, -0.05) is 6.07 Å². The van der Waals surface area contributed by atoms with Gasteiger partial charge in [0, 0.05) is 11.5 Å². The van der Waals surface area contributed by atoms with E-state index in [0.29, 0.717) is 22.2 Å². The van der Waals surface area contributed by atoms with E-state index in [-0.39, 0.29) is 4.90 Å². The minimum atomic E-state index is -3.81. The van der Waals surface area contributed by atoms with E-state index in [9.17, 15) is 13.2 Å².